The SMILES string of the molecule is Cc1ccc(NC(=O)[C@H](C)OC(=O)[C@H]2Cc3ccccc3S2)c(C)c1. The van der Waals surface area contributed by atoms with Gasteiger partial charge in [-0.25, -0.2) is 0 Å². The molecule has 0 bridgehead atoms. The largest absolute Gasteiger partial charge is 0.452 e. The Morgan fingerprint density at radius 1 is 1.20 bits per heavy atom. The zero-order valence-electron chi connectivity index (χ0n) is 14.5. The van der Waals surface area contributed by atoms with E-state index in [1.165, 1.54) is 11.8 Å². The Hall–Kier alpha value is -2.27. The standard InChI is InChI=1S/C20H21NO3S/c1-12-8-9-16(13(2)10-12)21-19(22)14(3)24-20(23)18-11-15-6-4-5-7-17(15)25-18/h4-10,14,18H,11H2,1-3H3,(H,21,22)/t14-,18+/m0/s1. The second-order valence-electron chi connectivity index (χ2n) is 6.31. The minimum absolute atomic E-state index is 0.284. The van der Waals surface area contributed by atoms with E-state index in [9.17, 15) is 9.59 Å². The molecule has 0 unspecified atom stereocenters. The number of esters is 1. The molecule has 0 spiro atoms. The number of fused-ring (bicyclic) bond motifs is 1. The Bertz CT molecular complexity index is 793. The first-order chi connectivity index (χ1) is 11.9. The van der Waals surface area contributed by atoms with E-state index in [0.29, 0.717) is 6.42 Å². The van der Waals surface area contributed by atoms with Gasteiger partial charge in [0.1, 0.15) is 5.25 Å². The lowest BCUT2D eigenvalue weighted by Gasteiger charge is -2.16. The molecule has 0 aliphatic carbocycles. The van der Waals surface area contributed by atoms with Gasteiger partial charge in [0.05, 0.1) is 0 Å². The van der Waals surface area contributed by atoms with Crippen LogP contribution in [0.1, 0.15) is 23.6 Å². The van der Waals surface area contributed by atoms with Crippen LogP contribution in [0, 0.1) is 13.8 Å². The molecule has 1 amide bonds. The molecule has 2 atom stereocenters. The zero-order chi connectivity index (χ0) is 18.0. The van der Waals surface area contributed by atoms with Gasteiger partial charge < -0.3 is 10.1 Å². The van der Waals surface area contributed by atoms with Crippen LogP contribution < -0.4 is 5.32 Å². The zero-order valence-corrected chi connectivity index (χ0v) is 15.4. The number of hydrogen-bond acceptors (Lipinski definition) is 4. The monoisotopic (exact) mass is 355 g/mol. The van der Waals surface area contributed by atoms with E-state index in [0.717, 1.165) is 27.3 Å². The number of thioether (sulfide) groups is 1. The fourth-order valence-corrected chi connectivity index (χ4v) is 3.99. The van der Waals surface area contributed by atoms with Gasteiger partial charge in [-0.2, -0.15) is 0 Å². The first-order valence-corrected chi connectivity index (χ1v) is 9.15. The summed E-state index contributed by atoms with van der Waals surface area (Å²) in [5.74, 6) is -0.662. The van der Waals surface area contributed by atoms with Crippen molar-refractivity contribution in [2.45, 2.75) is 43.4 Å². The lowest BCUT2D eigenvalue weighted by molar-refractivity contribution is -0.152. The smallest absolute Gasteiger partial charge is 0.320 e. The summed E-state index contributed by atoms with van der Waals surface area (Å²) < 4.78 is 5.39. The maximum atomic E-state index is 12.4. The molecule has 130 valence electrons. The molecule has 1 N–H and O–H groups in total. The summed E-state index contributed by atoms with van der Waals surface area (Å²) in [6, 6.07) is 13.7. The van der Waals surface area contributed by atoms with Crippen molar-refractivity contribution < 1.29 is 14.3 Å². The summed E-state index contributed by atoms with van der Waals surface area (Å²) in [5.41, 5.74) is 4.00. The van der Waals surface area contributed by atoms with E-state index in [1.54, 1.807) is 6.92 Å². The second-order valence-corrected chi connectivity index (χ2v) is 7.55. The molecule has 1 aliphatic heterocycles. The van der Waals surface area contributed by atoms with Gasteiger partial charge in [0.15, 0.2) is 6.10 Å². The van der Waals surface area contributed by atoms with E-state index in [4.69, 9.17) is 4.74 Å². The maximum absolute atomic E-state index is 12.4. The Morgan fingerprint density at radius 2 is 1.96 bits per heavy atom. The van der Waals surface area contributed by atoms with Crippen molar-refractivity contribution in [2.24, 2.45) is 0 Å². The average Bonchev–Trinajstić information content (AvgIpc) is 3.01. The molecule has 25 heavy (non-hydrogen) atoms. The van der Waals surface area contributed by atoms with Crippen molar-refractivity contribution in [3.8, 4) is 0 Å². The lowest BCUT2D eigenvalue weighted by Crippen LogP contribution is -2.33. The summed E-state index contributed by atoms with van der Waals surface area (Å²) >= 11 is 1.50. The first kappa shape index (κ1) is 17.5. The molecule has 0 fully saturated rings. The molecular weight excluding hydrogens is 334 g/mol. The van der Waals surface area contributed by atoms with Crippen LogP contribution in [0.4, 0.5) is 5.69 Å². The van der Waals surface area contributed by atoms with Gasteiger partial charge in [-0.1, -0.05) is 35.9 Å². The van der Waals surface area contributed by atoms with Gasteiger partial charge in [-0.3, -0.25) is 9.59 Å². The Morgan fingerprint density at radius 3 is 2.68 bits per heavy atom. The molecule has 3 rings (SSSR count). The van der Waals surface area contributed by atoms with Gasteiger partial charge in [0.2, 0.25) is 0 Å². The number of ether oxygens (including phenoxy) is 1. The maximum Gasteiger partial charge on any atom is 0.320 e. The minimum atomic E-state index is -0.836. The summed E-state index contributed by atoms with van der Waals surface area (Å²) in [4.78, 5) is 25.8. The van der Waals surface area contributed by atoms with Crippen LogP contribution in [0.15, 0.2) is 47.4 Å². The van der Waals surface area contributed by atoms with Gasteiger partial charge >= 0.3 is 5.97 Å². The summed E-state index contributed by atoms with van der Waals surface area (Å²) in [6.45, 7) is 5.54. The molecule has 0 saturated heterocycles. The first-order valence-electron chi connectivity index (χ1n) is 8.27. The normalized spacial score (nSPS) is 16.8. The van der Waals surface area contributed by atoms with E-state index >= 15 is 0 Å². The highest BCUT2D eigenvalue weighted by molar-refractivity contribution is 8.01. The number of rotatable bonds is 4. The highest BCUT2D eigenvalue weighted by atomic mass is 32.2. The Kier molecular flexibility index (Phi) is 5.13. The van der Waals surface area contributed by atoms with Crippen LogP contribution in [0.2, 0.25) is 0 Å². The number of amides is 1. The molecule has 2 aromatic rings. The highest BCUT2D eigenvalue weighted by Crippen LogP contribution is 2.37. The van der Waals surface area contributed by atoms with E-state index in [-0.39, 0.29) is 17.1 Å². The molecule has 1 heterocycles. The van der Waals surface area contributed by atoms with Crippen molar-refractivity contribution in [2.75, 3.05) is 5.32 Å². The van der Waals surface area contributed by atoms with Gasteiger partial charge in [0.25, 0.3) is 5.91 Å². The van der Waals surface area contributed by atoms with Crippen LogP contribution in [0.25, 0.3) is 0 Å². The molecule has 5 heteroatoms. The van der Waals surface area contributed by atoms with Crippen molar-refractivity contribution in [3.63, 3.8) is 0 Å². The summed E-state index contributed by atoms with van der Waals surface area (Å²) in [6.07, 6.45) is -0.192. The van der Waals surface area contributed by atoms with Crippen molar-refractivity contribution in [1.29, 1.82) is 0 Å². The Balaban J connectivity index is 1.57. The van der Waals surface area contributed by atoms with E-state index < -0.39 is 6.10 Å². The summed E-state index contributed by atoms with van der Waals surface area (Å²) in [7, 11) is 0. The average molecular weight is 355 g/mol. The van der Waals surface area contributed by atoms with Crippen LogP contribution in [0.5, 0.6) is 0 Å². The number of anilines is 1. The van der Waals surface area contributed by atoms with Gasteiger partial charge in [-0.05, 0) is 50.5 Å². The van der Waals surface area contributed by atoms with E-state index in [2.05, 4.69) is 5.32 Å². The van der Waals surface area contributed by atoms with E-state index in [1.807, 2.05) is 56.3 Å². The van der Waals surface area contributed by atoms with Crippen LogP contribution in [-0.4, -0.2) is 23.2 Å². The van der Waals surface area contributed by atoms with Crippen molar-refractivity contribution >= 4 is 29.3 Å². The molecule has 0 saturated carbocycles. The van der Waals surface area contributed by atoms with Crippen molar-refractivity contribution in [3.05, 3.63) is 59.2 Å². The third-order valence-electron chi connectivity index (χ3n) is 4.21. The molecular formula is C20H21NO3S. The topological polar surface area (TPSA) is 55.4 Å². The minimum Gasteiger partial charge on any atom is -0.452 e. The fourth-order valence-electron chi connectivity index (χ4n) is 2.81. The predicted octanol–water partition coefficient (Wildman–Crippen LogP) is 3.89. The van der Waals surface area contributed by atoms with Gasteiger partial charge in [0, 0.05) is 10.6 Å². The fraction of sp³-hybridized carbons (Fsp3) is 0.300. The number of nitrogens with one attached hydrogen (secondary N) is 1. The lowest BCUT2D eigenvalue weighted by atomic mass is 10.1. The number of aryl methyl sites for hydroxylation is 2. The summed E-state index contributed by atoms with van der Waals surface area (Å²) in [5, 5.41) is 2.54. The molecule has 1 aliphatic rings. The highest BCUT2D eigenvalue weighted by Gasteiger charge is 2.31. The number of carbonyl (C=O) groups is 2. The van der Waals surface area contributed by atoms with Crippen LogP contribution in [0.3, 0.4) is 0 Å². The molecule has 4 nitrogen and oxygen atoms in total. The van der Waals surface area contributed by atoms with Gasteiger partial charge in [-0.15, -0.1) is 11.8 Å². The van der Waals surface area contributed by atoms with Crippen LogP contribution >= 0.6 is 11.8 Å². The van der Waals surface area contributed by atoms with Crippen molar-refractivity contribution in [1.82, 2.24) is 0 Å². The molecule has 0 aromatic heterocycles. The molecule has 0 radical (unpaired) electrons. The molecule has 2 aromatic carbocycles. The second kappa shape index (κ2) is 7.31. The Labute approximate surface area is 152 Å². The number of benzene rings is 2. The predicted molar refractivity (Wildman–Crippen MR) is 99.9 cm³/mol. The third kappa shape index (κ3) is 4.04. The van der Waals surface area contributed by atoms with Crippen LogP contribution in [-0.2, 0) is 20.7 Å². The number of hydrogen-bond donors (Lipinski definition) is 1. The third-order valence-corrected chi connectivity index (χ3v) is 5.51. The quantitative estimate of drug-likeness (QED) is 0.846. The number of carbonyl (C=O) groups excluding carboxylic acids is 2.